The van der Waals surface area contributed by atoms with E-state index >= 15 is 4.39 Å². The van der Waals surface area contributed by atoms with Crippen LogP contribution in [0.3, 0.4) is 0 Å². The van der Waals surface area contributed by atoms with Crippen molar-refractivity contribution in [2.75, 3.05) is 43.4 Å². The molecule has 16 heteroatoms. The average Bonchev–Trinajstić information content (AvgIpc) is 3.61. The summed E-state index contributed by atoms with van der Waals surface area (Å²) in [5.74, 6) is -2.01. The van der Waals surface area contributed by atoms with E-state index in [0.29, 0.717) is 37.4 Å². The summed E-state index contributed by atoms with van der Waals surface area (Å²) in [4.78, 5) is 83.4. The Hall–Kier alpha value is -4.70. The van der Waals surface area contributed by atoms with Gasteiger partial charge in [-0.2, -0.15) is 0 Å². The molecule has 270 valence electrons. The number of piperazine rings is 1. The zero-order chi connectivity index (χ0) is 36.6. The summed E-state index contributed by atoms with van der Waals surface area (Å²) in [6.07, 6.45) is 0.276. The van der Waals surface area contributed by atoms with E-state index in [-0.39, 0.29) is 53.4 Å². The molecule has 3 aliphatic heterocycles. The number of nitrogens with one attached hydrogen (secondary N) is 1. The third-order valence-corrected chi connectivity index (χ3v) is 11.0. The molecule has 3 aliphatic rings. The quantitative estimate of drug-likeness (QED) is 0.197. The number of benzene rings is 1. The second-order valence-electron chi connectivity index (χ2n) is 13.4. The number of aromatic nitrogens is 1. The highest BCUT2D eigenvalue weighted by Gasteiger charge is 2.54. The highest BCUT2D eigenvalue weighted by molar-refractivity contribution is 8.00. The number of nitrogens with zero attached hydrogens (tertiary/aromatic N) is 4. The fourth-order valence-corrected chi connectivity index (χ4v) is 8.32. The molecule has 1 N–H and O–H groups in total. The van der Waals surface area contributed by atoms with Gasteiger partial charge in [0.15, 0.2) is 5.43 Å². The minimum atomic E-state index is -0.897. The maximum absolute atomic E-state index is 15.4. The summed E-state index contributed by atoms with van der Waals surface area (Å²) in [7, 11) is 0. The van der Waals surface area contributed by atoms with E-state index in [1.807, 2.05) is 17.5 Å². The van der Waals surface area contributed by atoms with Gasteiger partial charge in [0.2, 0.25) is 12.3 Å². The minimum Gasteiger partial charge on any atom is -0.455 e. The van der Waals surface area contributed by atoms with Crippen molar-refractivity contribution in [3.63, 3.8) is 0 Å². The number of hydrogen-bond donors (Lipinski definition) is 1. The van der Waals surface area contributed by atoms with Crippen LogP contribution in [0.4, 0.5) is 14.9 Å². The monoisotopic (exact) mass is 739 g/mol. The molecule has 0 bridgehead atoms. The summed E-state index contributed by atoms with van der Waals surface area (Å²) >= 11 is 2.75. The second-order valence-corrected chi connectivity index (χ2v) is 15.5. The van der Waals surface area contributed by atoms with E-state index in [9.17, 15) is 28.8 Å². The van der Waals surface area contributed by atoms with Gasteiger partial charge in [-0.15, -0.1) is 23.1 Å². The molecule has 13 nitrogen and oxygen atoms in total. The highest BCUT2D eigenvalue weighted by Crippen LogP contribution is 2.41. The van der Waals surface area contributed by atoms with Crippen LogP contribution in [0.1, 0.15) is 38.3 Å². The van der Waals surface area contributed by atoms with Gasteiger partial charge in [-0.05, 0) is 50.8 Å². The van der Waals surface area contributed by atoms with Gasteiger partial charge >= 0.3 is 12.1 Å². The zero-order valence-electron chi connectivity index (χ0n) is 28.6. The van der Waals surface area contributed by atoms with Crippen LogP contribution in [-0.2, 0) is 41.5 Å². The van der Waals surface area contributed by atoms with Crippen LogP contribution in [0.2, 0.25) is 0 Å². The lowest BCUT2D eigenvalue weighted by atomic mass is 10.0. The third kappa shape index (κ3) is 7.38. The number of carbonyl (C=O) groups excluding carboxylic acids is 5. The van der Waals surface area contributed by atoms with Crippen LogP contribution in [0.25, 0.3) is 10.9 Å². The van der Waals surface area contributed by atoms with Crippen molar-refractivity contribution < 1.29 is 37.8 Å². The molecule has 3 amide bonds. The fraction of sp³-hybridized carbons (Fsp3) is 0.429. The predicted molar refractivity (Wildman–Crippen MR) is 190 cm³/mol. The Morgan fingerprint density at radius 2 is 1.84 bits per heavy atom. The molecule has 0 unspecified atom stereocenters. The molecule has 2 saturated heterocycles. The van der Waals surface area contributed by atoms with E-state index < -0.39 is 46.2 Å². The van der Waals surface area contributed by atoms with Crippen LogP contribution in [0.15, 0.2) is 51.8 Å². The smallest absolute Gasteiger partial charge is 0.419 e. The van der Waals surface area contributed by atoms with Gasteiger partial charge in [-0.25, -0.2) is 18.5 Å². The Morgan fingerprint density at radius 3 is 2.49 bits per heavy atom. The number of hydrogen-bond acceptors (Lipinski definition) is 11. The predicted octanol–water partition coefficient (Wildman–Crippen LogP) is 3.27. The van der Waals surface area contributed by atoms with Gasteiger partial charge in [0.25, 0.3) is 5.91 Å². The molecule has 2 atom stereocenters. The number of carbonyl (C=O) groups is 5. The van der Waals surface area contributed by atoms with Gasteiger partial charge in [-0.3, -0.25) is 24.1 Å². The fourth-order valence-electron chi connectivity index (χ4n) is 6.29. The van der Waals surface area contributed by atoms with Crippen LogP contribution in [0.5, 0.6) is 0 Å². The van der Waals surface area contributed by atoms with Crippen molar-refractivity contribution in [1.82, 2.24) is 19.7 Å². The van der Waals surface area contributed by atoms with Crippen molar-refractivity contribution in [2.45, 2.75) is 57.6 Å². The van der Waals surface area contributed by atoms with Gasteiger partial charge in [0.05, 0.1) is 17.6 Å². The Kier molecular flexibility index (Phi) is 10.3. The summed E-state index contributed by atoms with van der Waals surface area (Å²) in [5, 5.41) is 4.07. The first-order chi connectivity index (χ1) is 24.3. The molecule has 2 aromatic heterocycles. The Balaban J connectivity index is 1.28. The first-order valence-corrected chi connectivity index (χ1v) is 18.4. The molecule has 1 aromatic carbocycles. The molecule has 3 aromatic rings. The van der Waals surface area contributed by atoms with E-state index in [4.69, 9.17) is 9.47 Å². The number of pyridine rings is 1. The number of thiophene rings is 1. The van der Waals surface area contributed by atoms with Crippen molar-refractivity contribution in [1.29, 1.82) is 0 Å². The van der Waals surface area contributed by atoms with Crippen LogP contribution in [0, 0.1) is 5.82 Å². The van der Waals surface area contributed by atoms with E-state index in [2.05, 4.69) is 5.32 Å². The van der Waals surface area contributed by atoms with Crippen molar-refractivity contribution >= 4 is 70.0 Å². The lowest BCUT2D eigenvalue weighted by molar-refractivity contribution is -0.159. The molecule has 2 fully saturated rings. The Labute approximate surface area is 301 Å². The topological polar surface area (TPSA) is 148 Å². The van der Waals surface area contributed by atoms with Crippen molar-refractivity contribution in [2.24, 2.45) is 0 Å². The number of aryl methyl sites for hydroxylation is 1. The van der Waals surface area contributed by atoms with E-state index in [0.717, 1.165) is 17.4 Å². The minimum absolute atomic E-state index is 0.0139. The molecular weight excluding hydrogens is 702 g/mol. The Bertz CT molecular complexity index is 1980. The summed E-state index contributed by atoms with van der Waals surface area (Å²) < 4.78 is 28.1. The SMILES string of the molecule is CCc1cc(=O)c2cc(F)c(N3CCN(C=O)CC3)cc2n1C(=O)OCC1=C(C(=O)OC(C)(C)C)N2C(=O)[C@@H](NC(=O)Cc3cccs3)[C@H]2SC1. The van der Waals surface area contributed by atoms with Gasteiger partial charge in [-0.1, -0.05) is 13.0 Å². The van der Waals surface area contributed by atoms with Crippen LogP contribution in [-0.4, -0.2) is 100 Å². The summed E-state index contributed by atoms with van der Waals surface area (Å²) in [6, 6.07) is 6.64. The number of thioether (sulfide) groups is 1. The number of halogens is 1. The first kappa shape index (κ1) is 36.1. The second kappa shape index (κ2) is 14.5. The summed E-state index contributed by atoms with van der Waals surface area (Å²) in [5.41, 5.74) is -0.406. The van der Waals surface area contributed by atoms with E-state index in [1.54, 1.807) is 37.5 Å². The molecule has 0 radical (unpaired) electrons. The number of anilines is 1. The zero-order valence-corrected chi connectivity index (χ0v) is 30.2. The molecular formula is C35H38FN5O8S2. The number of fused-ring (bicyclic) bond motifs is 2. The normalized spacial score (nSPS) is 19.1. The molecule has 0 saturated carbocycles. The molecule has 6 rings (SSSR count). The number of rotatable bonds is 9. The largest absolute Gasteiger partial charge is 0.455 e. The molecule has 0 aliphatic carbocycles. The van der Waals surface area contributed by atoms with Crippen molar-refractivity contribution in [3.05, 3.63) is 73.6 Å². The maximum atomic E-state index is 15.4. The van der Waals surface area contributed by atoms with Crippen LogP contribution < -0.4 is 15.6 Å². The standard InChI is InChI=1S/C35H38FN5O8S2/c1-5-21-13-27(43)23-15-24(36)26(39-10-8-38(19-42)9-11-39)16-25(23)40(21)34(47)48-17-20-18-51-32-29(37-28(44)14-22-7-6-12-50-22)31(45)41(32)30(20)33(46)49-35(2,3)4/h6-7,12-13,15-16,19,29,32H,5,8-11,14,17-18H2,1-4H3,(H,37,44)/t29-,32-/m1/s1. The lowest BCUT2D eigenvalue weighted by Crippen LogP contribution is -2.70. The first-order valence-electron chi connectivity index (χ1n) is 16.5. The number of ether oxygens (including phenoxy) is 2. The van der Waals surface area contributed by atoms with Gasteiger partial charge in [0, 0.05) is 59.5 Å². The number of amides is 3. The third-order valence-electron chi connectivity index (χ3n) is 8.75. The maximum Gasteiger partial charge on any atom is 0.419 e. The summed E-state index contributed by atoms with van der Waals surface area (Å²) in [6.45, 7) is 7.96. The Morgan fingerprint density at radius 1 is 1.10 bits per heavy atom. The van der Waals surface area contributed by atoms with Crippen molar-refractivity contribution in [3.8, 4) is 0 Å². The highest BCUT2D eigenvalue weighted by atomic mass is 32.2. The van der Waals surface area contributed by atoms with Gasteiger partial charge < -0.3 is 24.6 Å². The van der Waals surface area contributed by atoms with Gasteiger partial charge in [0.1, 0.15) is 35.1 Å². The number of esters is 1. The molecule has 0 spiro atoms. The molecule has 5 heterocycles. The average molecular weight is 740 g/mol. The molecule has 51 heavy (non-hydrogen) atoms. The number of β-lactam (4-membered cyclic amide) rings is 1. The van der Waals surface area contributed by atoms with Crippen LogP contribution >= 0.6 is 23.1 Å². The van der Waals surface area contributed by atoms with E-state index in [1.165, 1.54) is 44.7 Å². The lowest BCUT2D eigenvalue weighted by Gasteiger charge is -2.49.